The third-order valence-electron chi connectivity index (χ3n) is 4.27. The van der Waals surface area contributed by atoms with Crippen LogP contribution in [0.3, 0.4) is 0 Å². The van der Waals surface area contributed by atoms with E-state index in [1.807, 2.05) is 18.3 Å². The molecular formula is C18H18N4. The molecule has 0 bridgehead atoms. The minimum absolute atomic E-state index is 0.963. The first-order valence-corrected chi connectivity index (χ1v) is 7.67. The molecule has 0 N–H and O–H groups in total. The second kappa shape index (κ2) is 5.64. The zero-order valence-corrected chi connectivity index (χ0v) is 12.4. The van der Waals surface area contributed by atoms with Gasteiger partial charge in [0.15, 0.2) is 0 Å². The molecule has 110 valence electrons. The van der Waals surface area contributed by atoms with Gasteiger partial charge in [0.1, 0.15) is 0 Å². The van der Waals surface area contributed by atoms with Crippen molar-refractivity contribution in [2.45, 2.75) is 0 Å². The van der Waals surface area contributed by atoms with Crippen LogP contribution in [0, 0.1) is 0 Å². The quantitative estimate of drug-likeness (QED) is 0.726. The van der Waals surface area contributed by atoms with E-state index < -0.39 is 0 Å². The van der Waals surface area contributed by atoms with Gasteiger partial charge >= 0.3 is 0 Å². The highest BCUT2D eigenvalue weighted by Gasteiger charge is 2.19. The highest BCUT2D eigenvalue weighted by molar-refractivity contribution is 5.90. The fraction of sp³-hybridized carbons (Fsp3) is 0.222. The SMILES string of the molecule is c1ccc(N2CCN(c3cnnc4ccccc34)CC2)cc1. The second-order valence-electron chi connectivity index (χ2n) is 5.56. The molecule has 2 heterocycles. The van der Waals surface area contributed by atoms with Crippen molar-refractivity contribution in [3.63, 3.8) is 0 Å². The Bertz CT molecular complexity index is 759. The summed E-state index contributed by atoms with van der Waals surface area (Å²) in [6.07, 6.45) is 1.89. The molecule has 2 aromatic carbocycles. The Hall–Kier alpha value is -2.62. The van der Waals surface area contributed by atoms with E-state index in [1.165, 1.54) is 16.8 Å². The number of piperazine rings is 1. The van der Waals surface area contributed by atoms with E-state index in [4.69, 9.17) is 0 Å². The fourth-order valence-corrected chi connectivity index (χ4v) is 3.09. The van der Waals surface area contributed by atoms with Gasteiger partial charge in [0.2, 0.25) is 0 Å². The molecule has 0 radical (unpaired) electrons. The summed E-state index contributed by atoms with van der Waals surface area (Å²) < 4.78 is 0. The van der Waals surface area contributed by atoms with Gasteiger partial charge in [-0.15, -0.1) is 0 Å². The van der Waals surface area contributed by atoms with Gasteiger partial charge in [0.25, 0.3) is 0 Å². The van der Waals surface area contributed by atoms with Crippen molar-refractivity contribution in [3.8, 4) is 0 Å². The Labute approximate surface area is 130 Å². The number of para-hydroxylation sites is 1. The lowest BCUT2D eigenvalue weighted by Gasteiger charge is -2.37. The molecule has 1 fully saturated rings. The van der Waals surface area contributed by atoms with Crippen LogP contribution in [-0.4, -0.2) is 36.4 Å². The van der Waals surface area contributed by atoms with E-state index >= 15 is 0 Å². The zero-order valence-electron chi connectivity index (χ0n) is 12.4. The maximum Gasteiger partial charge on any atom is 0.0950 e. The normalized spacial score (nSPS) is 15.3. The molecule has 0 aliphatic carbocycles. The van der Waals surface area contributed by atoms with Crippen LogP contribution in [0.2, 0.25) is 0 Å². The zero-order chi connectivity index (χ0) is 14.8. The summed E-state index contributed by atoms with van der Waals surface area (Å²) in [5.41, 5.74) is 3.46. The maximum atomic E-state index is 4.21. The molecule has 0 atom stereocenters. The minimum atomic E-state index is 0.963. The van der Waals surface area contributed by atoms with E-state index in [-0.39, 0.29) is 0 Å². The van der Waals surface area contributed by atoms with Crippen LogP contribution in [-0.2, 0) is 0 Å². The van der Waals surface area contributed by atoms with Crippen molar-refractivity contribution in [2.75, 3.05) is 36.0 Å². The van der Waals surface area contributed by atoms with Crippen molar-refractivity contribution in [1.29, 1.82) is 0 Å². The van der Waals surface area contributed by atoms with Crippen molar-refractivity contribution >= 4 is 22.3 Å². The number of nitrogens with zero attached hydrogens (tertiary/aromatic N) is 4. The van der Waals surface area contributed by atoms with Crippen molar-refractivity contribution in [3.05, 3.63) is 60.8 Å². The van der Waals surface area contributed by atoms with Gasteiger partial charge in [0.05, 0.1) is 17.4 Å². The van der Waals surface area contributed by atoms with Gasteiger partial charge in [-0.1, -0.05) is 36.4 Å². The van der Waals surface area contributed by atoms with Crippen molar-refractivity contribution < 1.29 is 0 Å². The highest BCUT2D eigenvalue weighted by Crippen LogP contribution is 2.26. The Morgan fingerprint density at radius 3 is 2.23 bits per heavy atom. The molecule has 3 aromatic rings. The molecule has 0 saturated carbocycles. The largest absolute Gasteiger partial charge is 0.368 e. The van der Waals surface area contributed by atoms with Gasteiger partial charge in [-0.2, -0.15) is 10.2 Å². The van der Waals surface area contributed by atoms with Crippen molar-refractivity contribution in [2.24, 2.45) is 0 Å². The van der Waals surface area contributed by atoms with Crippen LogP contribution in [0.25, 0.3) is 10.9 Å². The number of fused-ring (bicyclic) bond motifs is 1. The van der Waals surface area contributed by atoms with Crippen LogP contribution in [0.1, 0.15) is 0 Å². The predicted molar refractivity (Wildman–Crippen MR) is 90.4 cm³/mol. The molecule has 4 nitrogen and oxygen atoms in total. The van der Waals surface area contributed by atoms with Gasteiger partial charge in [-0.3, -0.25) is 0 Å². The summed E-state index contributed by atoms with van der Waals surface area (Å²) in [7, 11) is 0. The Balaban J connectivity index is 1.56. The Kier molecular flexibility index (Phi) is 3.35. The van der Waals surface area contributed by atoms with Gasteiger partial charge in [-0.25, -0.2) is 0 Å². The standard InChI is InChI=1S/C18H18N4/c1-2-6-15(7-3-1)21-10-12-22(13-11-21)18-14-19-20-17-9-5-4-8-16(17)18/h1-9,14H,10-13H2. The molecule has 4 rings (SSSR count). The van der Waals surface area contributed by atoms with Crippen LogP contribution < -0.4 is 9.80 Å². The third kappa shape index (κ3) is 2.37. The lowest BCUT2D eigenvalue weighted by atomic mass is 10.1. The monoisotopic (exact) mass is 290 g/mol. The maximum absolute atomic E-state index is 4.21. The summed E-state index contributed by atoms with van der Waals surface area (Å²) >= 11 is 0. The number of rotatable bonds is 2. The third-order valence-corrected chi connectivity index (χ3v) is 4.27. The molecule has 4 heteroatoms. The molecule has 0 spiro atoms. The summed E-state index contributed by atoms with van der Waals surface area (Å²) in [5, 5.41) is 9.56. The lowest BCUT2D eigenvalue weighted by Crippen LogP contribution is -2.46. The average molecular weight is 290 g/mol. The van der Waals surface area contributed by atoms with Gasteiger partial charge < -0.3 is 9.80 Å². The summed E-state index contributed by atoms with van der Waals surface area (Å²) in [4.78, 5) is 4.85. The molecule has 1 aliphatic heterocycles. The molecule has 1 saturated heterocycles. The van der Waals surface area contributed by atoms with E-state index in [0.29, 0.717) is 0 Å². The van der Waals surface area contributed by atoms with E-state index in [9.17, 15) is 0 Å². The number of hydrogen-bond donors (Lipinski definition) is 0. The van der Waals surface area contributed by atoms with Gasteiger partial charge in [-0.05, 0) is 18.2 Å². The number of hydrogen-bond acceptors (Lipinski definition) is 4. The van der Waals surface area contributed by atoms with E-state index in [1.54, 1.807) is 0 Å². The Morgan fingerprint density at radius 2 is 1.41 bits per heavy atom. The average Bonchev–Trinajstić information content (AvgIpc) is 2.62. The number of aromatic nitrogens is 2. The fourth-order valence-electron chi connectivity index (χ4n) is 3.09. The molecular weight excluding hydrogens is 272 g/mol. The van der Waals surface area contributed by atoms with Crippen LogP contribution in [0.15, 0.2) is 60.8 Å². The van der Waals surface area contributed by atoms with Crippen molar-refractivity contribution in [1.82, 2.24) is 10.2 Å². The number of anilines is 2. The van der Waals surface area contributed by atoms with Gasteiger partial charge in [0, 0.05) is 37.3 Å². The topological polar surface area (TPSA) is 32.3 Å². The van der Waals surface area contributed by atoms with E-state index in [2.05, 4.69) is 62.5 Å². The van der Waals surface area contributed by atoms with Crippen LogP contribution >= 0.6 is 0 Å². The summed E-state index contributed by atoms with van der Waals surface area (Å²) in [5.74, 6) is 0. The first-order chi connectivity index (χ1) is 10.9. The molecule has 1 aromatic heterocycles. The first kappa shape index (κ1) is 13.1. The number of benzene rings is 2. The summed E-state index contributed by atoms with van der Waals surface area (Å²) in [6.45, 7) is 4.07. The smallest absolute Gasteiger partial charge is 0.0950 e. The molecule has 22 heavy (non-hydrogen) atoms. The summed E-state index contributed by atoms with van der Waals surface area (Å²) in [6, 6.07) is 18.8. The van der Waals surface area contributed by atoms with Crippen LogP contribution in [0.4, 0.5) is 11.4 Å². The predicted octanol–water partition coefficient (Wildman–Crippen LogP) is 2.96. The van der Waals surface area contributed by atoms with E-state index in [0.717, 1.165) is 31.7 Å². The highest BCUT2D eigenvalue weighted by atomic mass is 15.3. The molecule has 1 aliphatic rings. The molecule has 0 amide bonds. The Morgan fingerprint density at radius 1 is 0.727 bits per heavy atom. The molecule has 0 unspecified atom stereocenters. The first-order valence-electron chi connectivity index (χ1n) is 7.67. The van der Waals surface area contributed by atoms with Crippen LogP contribution in [0.5, 0.6) is 0 Å². The minimum Gasteiger partial charge on any atom is -0.368 e. The lowest BCUT2D eigenvalue weighted by molar-refractivity contribution is 0.654. The second-order valence-corrected chi connectivity index (χ2v) is 5.56.